The molecule has 0 aliphatic heterocycles. The summed E-state index contributed by atoms with van der Waals surface area (Å²) < 4.78 is 5.20. The summed E-state index contributed by atoms with van der Waals surface area (Å²) in [5.41, 5.74) is 0.836. The summed E-state index contributed by atoms with van der Waals surface area (Å²) >= 11 is 0. The maximum Gasteiger partial charge on any atom is 0.488 e. The van der Waals surface area contributed by atoms with Crippen LogP contribution in [0.15, 0.2) is 24.3 Å². The van der Waals surface area contributed by atoms with Crippen LogP contribution in [0.1, 0.15) is 32.8 Å². The van der Waals surface area contributed by atoms with E-state index < -0.39 is 12.7 Å². The largest absolute Gasteiger partial charge is 0.488 e. The fraction of sp³-hybridized carbons (Fsp3) is 0.462. The first-order chi connectivity index (χ1) is 8.28. The molecule has 1 aromatic rings. The van der Waals surface area contributed by atoms with Gasteiger partial charge in [-0.3, -0.25) is 4.79 Å². The van der Waals surface area contributed by atoms with Crippen LogP contribution in [0.3, 0.4) is 0 Å². The third-order valence-electron chi connectivity index (χ3n) is 2.29. The molecule has 0 aromatic heterocycles. The van der Waals surface area contributed by atoms with E-state index in [4.69, 9.17) is 14.8 Å². The Labute approximate surface area is 108 Å². The third-order valence-corrected chi connectivity index (χ3v) is 2.29. The number of ether oxygens (including phenoxy) is 1. The summed E-state index contributed by atoms with van der Waals surface area (Å²) in [7, 11) is -1.48. The summed E-state index contributed by atoms with van der Waals surface area (Å²) in [6.07, 6.45) is 0.803. The van der Waals surface area contributed by atoms with Gasteiger partial charge >= 0.3 is 13.1 Å². The Balaban J connectivity index is 2.53. The quantitative estimate of drug-likeness (QED) is 0.608. The lowest BCUT2D eigenvalue weighted by Gasteiger charge is -2.19. The average Bonchev–Trinajstić information content (AvgIpc) is 2.24. The molecule has 1 rings (SSSR count). The summed E-state index contributed by atoms with van der Waals surface area (Å²) in [5, 5.41) is 18.1. The van der Waals surface area contributed by atoms with Gasteiger partial charge in [-0.25, -0.2) is 0 Å². The lowest BCUT2D eigenvalue weighted by molar-refractivity contribution is -0.154. The molecule has 0 aliphatic carbocycles. The molecule has 0 radical (unpaired) electrons. The second-order valence-electron chi connectivity index (χ2n) is 5.21. The molecule has 18 heavy (non-hydrogen) atoms. The second-order valence-corrected chi connectivity index (χ2v) is 5.21. The molecule has 2 N–H and O–H groups in total. The van der Waals surface area contributed by atoms with Crippen LogP contribution in [0.25, 0.3) is 0 Å². The summed E-state index contributed by atoms with van der Waals surface area (Å²) in [5.74, 6) is -0.252. The van der Waals surface area contributed by atoms with E-state index in [0.29, 0.717) is 11.9 Å². The second kappa shape index (κ2) is 6.02. The number of hydrogen-bond donors (Lipinski definition) is 2. The van der Waals surface area contributed by atoms with Crippen LogP contribution in [0.5, 0.6) is 0 Å². The van der Waals surface area contributed by atoms with Gasteiger partial charge in [0.05, 0.1) is 0 Å². The number of carbonyl (C=O) groups excluding carboxylic acids is 1. The predicted octanol–water partition coefficient (Wildman–Crippen LogP) is 0.641. The Bertz CT molecular complexity index is 410. The molecule has 0 saturated carbocycles. The van der Waals surface area contributed by atoms with E-state index in [1.807, 2.05) is 26.8 Å². The topological polar surface area (TPSA) is 66.8 Å². The molecule has 4 nitrogen and oxygen atoms in total. The minimum Gasteiger partial charge on any atom is -0.460 e. The first kappa shape index (κ1) is 14.7. The summed E-state index contributed by atoms with van der Waals surface area (Å²) in [6.45, 7) is 5.48. The predicted molar refractivity (Wildman–Crippen MR) is 70.4 cm³/mol. The Morgan fingerprint density at radius 3 is 2.56 bits per heavy atom. The first-order valence-electron chi connectivity index (χ1n) is 5.95. The van der Waals surface area contributed by atoms with Crippen molar-refractivity contribution < 1.29 is 19.6 Å². The van der Waals surface area contributed by atoms with Gasteiger partial charge in [-0.15, -0.1) is 0 Å². The van der Waals surface area contributed by atoms with Crippen molar-refractivity contribution in [3.63, 3.8) is 0 Å². The van der Waals surface area contributed by atoms with E-state index in [1.165, 1.54) is 0 Å². The number of esters is 1. The van der Waals surface area contributed by atoms with Crippen LogP contribution in [-0.2, 0) is 16.0 Å². The molecular weight excluding hydrogens is 231 g/mol. The Hall–Kier alpha value is -1.33. The zero-order valence-electron chi connectivity index (χ0n) is 11.0. The highest BCUT2D eigenvalue weighted by atomic mass is 16.6. The molecule has 0 spiro atoms. The molecule has 5 heteroatoms. The van der Waals surface area contributed by atoms with Gasteiger partial charge in [-0.05, 0) is 38.2 Å². The molecule has 0 heterocycles. The van der Waals surface area contributed by atoms with Crippen LogP contribution in [0.2, 0.25) is 0 Å². The SMILES string of the molecule is CC(C)(C)OC(=O)CCc1cccc(B(O)O)c1. The van der Waals surface area contributed by atoms with Gasteiger partial charge in [0.25, 0.3) is 0 Å². The van der Waals surface area contributed by atoms with Crippen LogP contribution >= 0.6 is 0 Å². The zero-order valence-corrected chi connectivity index (χ0v) is 11.0. The molecule has 0 saturated heterocycles. The van der Waals surface area contributed by atoms with Crippen molar-refractivity contribution in [2.24, 2.45) is 0 Å². The Kier molecular flexibility index (Phi) is 4.93. The van der Waals surface area contributed by atoms with Crippen molar-refractivity contribution in [2.45, 2.75) is 39.2 Å². The number of benzene rings is 1. The van der Waals surface area contributed by atoms with E-state index in [2.05, 4.69) is 0 Å². The first-order valence-corrected chi connectivity index (χ1v) is 5.95. The highest BCUT2D eigenvalue weighted by Crippen LogP contribution is 2.10. The fourth-order valence-corrected chi connectivity index (χ4v) is 1.55. The summed E-state index contributed by atoms with van der Waals surface area (Å²) in [4.78, 5) is 11.5. The van der Waals surface area contributed by atoms with E-state index in [1.54, 1.807) is 18.2 Å². The summed E-state index contributed by atoms with van der Waals surface area (Å²) in [6, 6.07) is 6.88. The molecule has 0 aliphatic rings. The van der Waals surface area contributed by atoms with Crippen LogP contribution < -0.4 is 5.46 Å². The van der Waals surface area contributed by atoms with Crippen LogP contribution in [-0.4, -0.2) is 28.7 Å². The highest BCUT2D eigenvalue weighted by Gasteiger charge is 2.16. The van der Waals surface area contributed by atoms with Crippen molar-refractivity contribution in [3.05, 3.63) is 29.8 Å². The van der Waals surface area contributed by atoms with Crippen molar-refractivity contribution in [1.29, 1.82) is 0 Å². The fourth-order valence-electron chi connectivity index (χ4n) is 1.55. The van der Waals surface area contributed by atoms with E-state index in [0.717, 1.165) is 5.56 Å². The normalized spacial score (nSPS) is 11.2. The van der Waals surface area contributed by atoms with Gasteiger partial charge < -0.3 is 14.8 Å². The maximum absolute atomic E-state index is 11.5. The molecule has 1 aromatic carbocycles. The Morgan fingerprint density at radius 2 is 2.00 bits per heavy atom. The molecule has 0 atom stereocenters. The number of carbonyl (C=O) groups is 1. The monoisotopic (exact) mass is 250 g/mol. The molecule has 0 amide bonds. The number of aryl methyl sites for hydroxylation is 1. The van der Waals surface area contributed by atoms with Gasteiger partial charge in [0, 0.05) is 6.42 Å². The zero-order chi connectivity index (χ0) is 13.8. The maximum atomic E-state index is 11.5. The lowest BCUT2D eigenvalue weighted by atomic mass is 9.79. The van der Waals surface area contributed by atoms with Crippen LogP contribution in [0.4, 0.5) is 0 Å². The number of rotatable bonds is 4. The van der Waals surface area contributed by atoms with E-state index in [9.17, 15) is 4.79 Å². The smallest absolute Gasteiger partial charge is 0.460 e. The highest BCUT2D eigenvalue weighted by molar-refractivity contribution is 6.58. The third kappa shape index (κ3) is 5.34. The van der Waals surface area contributed by atoms with Gasteiger partial charge in [-0.2, -0.15) is 0 Å². The van der Waals surface area contributed by atoms with E-state index in [-0.39, 0.29) is 12.4 Å². The molecular formula is C13H19BO4. The van der Waals surface area contributed by atoms with Crippen molar-refractivity contribution in [3.8, 4) is 0 Å². The lowest BCUT2D eigenvalue weighted by Crippen LogP contribution is -2.30. The van der Waals surface area contributed by atoms with Crippen LogP contribution in [0, 0.1) is 0 Å². The molecule has 0 fully saturated rings. The average molecular weight is 250 g/mol. The van der Waals surface area contributed by atoms with Crippen molar-refractivity contribution in [1.82, 2.24) is 0 Å². The standard InChI is InChI=1S/C13H19BO4/c1-13(2,3)18-12(15)8-7-10-5-4-6-11(9-10)14(16)17/h4-6,9,16-17H,7-8H2,1-3H3. The van der Waals surface area contributed by atoms with Gasteiger partial charge in [0.15, 0.2) is 0 Å². The minimum absolute atomic E-state index is 0.252. The molecule has 0 bridgehead atoms. The molecule has 98 valence electrons. The van der Waals surface area contributed by atoms with Crippen molar-refractivity contribution >= 4 is 18.6 Å². The number of hydrogen-bond acceptors (Lipinski definition) is 4. The van der Waals surface area contributed by atoms with Gasteiger partial charge in [-0.1, -0.05) is 24.3 Å². The van der Waals surface area contributed by atoms with Gasteiger partial charge in [0.2, 0.25) is 0 Å². The van der Waals surface area contributed by atoms with Crippen molar-refractivity contribution in [2.75, 3.05) is 0 Å². The Morgan fingerprint density at radius 1 is 1.33 bits per heavy atom. The van der Waals surface area contributed by atoms with Gasteiger partial charge in [0.1, 0.15) is 5.60 Å². The minimum atomic E-state index is -1.48. The van der Waals surface area contributed by atoms with E-state index >= 15 is 0 Å². The molecule has 0 unspecified atom stereocenters.